The lowest BCUT2D eigenvalue weighted by Crippen LogP contribution is -2.36. The fraction of sp³-hybridized carbons (Fsp3) is 0.240. The van der Waals surface area contributed by atoms with Gasteiger partial charge in [-0.2, -0.15) is 0 Å². The van der Waals surface area contributed by atoms with Crippen molar-refractivity contribution in [2.45, 2.75) is 30.7 Å². The van der Waals surface area contributed by atoms with Gasteiger partial charge in [0.05, 0.1) is 11.2 Å². The van der Waals surface area contributed by atoms with Crippen LogP contribution in [0.3, 0.4) is 0 Å². The number of rotatable bonds is 5. The van der Waals surface area contributed by atoms with Crippen LogP contribution < -0.4 is 20.7 Å². The Balaban J connectivity index is 1.18. The molecule has 34 heavy (non-hydrogen) atoms. The maximum atomic E-state index is 13.8. The van der Waals surface area contributed by atoms with Gasteiger partial charge >= 0.3 is 6.03 Å². The minimum atomic E-state index is -0.504. The van der Waals surface area contributed by atoms with E-state index in [4.69, 9.17) is 4.74 Å². The van der Waals surface area contributed by atoms with E-state index in [-0.39, 0.29) is 29.2 Å². The first-order valence-corrected chi connectivity index (χ1v) is 11.1. The van der Waals surface area contributed by atoms with E-state index >= 15 is 0 Å². The first kappa shape index (κ1) is 20.5. The Labute approximate surface area is 194 Å². The number of para-hydroxylation sites is 1. The lowest BCUT2D eigenvalue weighted by Gasteiger charge is -2.20. The molecule has 172 valence electrons. The van der Waals surface area contributed by atoms with Crippen molar-refractivity contribution in [3.05, 3.63) is 71.7 Å². The summed E-state index contributed by atoms with van der Waals surface area (Å²) in [5.74, 6) is 1.35. The first-order valence-electron chi connectivity index (χ1n) is 11.1. The molecule has 2 aromatic carbocycles. The third-order valence-electron chi connectivity index (χ3n) is 6.81. The average Bonchev–Trinajstić information content (AvgIpc) is 3.67. The van der Waals surface area contributed by atoms with Crippen molar-refractivity contribution in [2.24, 2.45) is 5.92 Å². The number of carbonyl (C=O) groups excluding carboxylic acids is 2. The molecule has 4 N–H and O–H groups in total. The van der Waals surface area contributed by atoms with Crippen LogP contribution in [-0.4, -0.2) is 27.6 Å². The van der Waals surface area contributed by atoms with Gasteiger partial charge in [-0.25, -0.2) is 14.2 Å². The van der Waals surface area contributed by atoms with Crippen molar-refractivity contribution in [1.29, 1.82) is 0 Å². The molecule has 1 aromatic heterocycles. The molecular formula is C25H21FN4O4. The number of pyridine rings is 1. The molecule has 0 radical (unpaired) electrons. The number of nitrogens with zero attached hydrogens (tertiary/aromatic N) is 1. The Morgan fingerprint density at radius 3 is 2.88 bits per heavy atom. The lowest BCUT2D eigenvalue weighted by atomic mass is 9.99. The van der Waals surface area contributed by atoms with Crippen molar-refractivity contribution >= 4 is 23.4 Å². The molecule has 3 aliphatic rings. The van der Waals surface area contributed by atoms with E-state index < -0.39 is 17.4 Å². The zero-order valence-electron chi connectivity index (χ0n) is 18.0. The van der Waals surface area contributed by atoms with Gasteiger partial charge < -0.3 is 25.8 Å². The molecule has 2 saturated carbocycles. The SMILES string of the molecule is O=C1CCc2c(Oc3ccc(O)c(C4C5CC54NC(=O)Nc4ccccc4F)c3)ccnc2N1. The van der Waals surface area contributed by atoms with Crippen LogP contribution in [0.5, 0.6) is 17.2 Å². The highest BCUT2D eigenvalue weighted by Crippen LogP contribution is 2.77. The fourth-order valence-corrected chi connectivity index (χ4v) is 4.88. The summed E-state index contributed by atoms with van der Waals surface area (Å²) >= 11 is 0. The number of anilines is 2. The maximum absolute atomic E-state index is 13.8. The molecule has 0 saturated heterocycles. The Hall–Kier alpha value is -4.14. The maximum Gasteiger partial charge on any atom is 0.319 e. The molecule has 3 amide bonds. The lowest BCUT2D eigenvalue weighted by molar-refractivity contribution is -0.116. The topological polar surface area (TPSA) is 113 Å². The number of carbonyl (C=O) groups is 2. The van der Waals surface area contributed by atoms with Gasteiger partial charge in [0, 0.05) is 29.7 Å². The van der Waals surface area contributed by atoms with E-state index in [1.54, 1.807) is 42.6 Å². The number of hydrogen-bond acceptors (Lipinski definition) is 5. The van der Waals surface area contributed by atoms with Crippen LogP contribution in [0.2, 0.25) is 0 Å². The van der Waals surface area contributed by atoms with Gasteiger partial charge in [0.25, 0.3) is 0 Å². The molecule has 2 fully saturated rings. The Kier molecular flexibility index (Phi) is 4.48. The summed E-state index contributed by atoms with van der Waals surface area (Å²) in [5, 5.41) is 18.8. The van der Waals surface area contributed by atoms with Crippen LogP contribution in [-0.2, 0) is 11.2 Å². The van der Waals surface area contributed by atoms with E-state index in [1.807, 2.05) is 0 Å². The van der Waals surface area contributed by atoms with E-state index in [0.717, 1.165) is 12.0 Å². The number of aromatic nitrogens is 1. The quantitative estimate of drug-likeness (QED) is 0.454. The van der Waals surface area contributed by atoms with Crippen molar-refractivity contribution in [2.75, 3.05) is 10.6 Å². The van der Waals surface area contributed by atoms with Gasteiger partial charge in [-0.1, -0.05) is 12.1 Å². The number of hydrogen-bond donors (Lipinski definition) is 4. The molecule has 9 heteroatoms. The highest BCUT2D eigenvalue weighted by Gasteiger charge is 2.80. The minimum Gasteiger partial charge on any atom is -0.508 e. The van der Waals surface area contributed by atoms with Crippen LogP contribution in [0.4, 0.5) is 20.7 Å². The van der Waals surface area contributed by atoms with Gasteiger partial charge in [0.15, 0.2) is 0 Å². The van der Waals surface area contributed by atoms with Gasteiger partial charge in [0.1, 0.15) is 28.9 Å². The summed E-state index contributed by atoms with van der Waals surface area (Å²) in [7, 11) is 0. The number of urea groups is 1. The molecule has 3 unspecified atom stereocenters. The zero-order chi connectivity index (χ0) is 23.4. The monoisotopic (exact) mass is 460 g/mol. The number of halogens is 1. The normalized spacial score (nSPS) is 23.7. The molecule has 3 atom stereocenters. The highest BCUT2D eigenvalue weighted by molar-refractivity contribution is 5.93. The number of amides is 3. The third kappa shape index (κ3) is 3.40. The molecule has 2 heterocycles. The summed E-state index contributed by atoms with van der Waals surface area (Å²) in [6.45, 7) is 0. The molecule has 6 rings (SSSR count). The number of benzene rings is 2. The van der Waals surface area contributed by atoms with Crippen molar-refractivity contribution in [3.63, 3.8) is 0 Å². The van der Waals surface area contributed by atoms with E-state index in [2.05, 4.69) is 20.9 Å². The van der Waals surface area contributed by atoms with Crippen LogP contribution in [0, 0.1) is 11.7 Å². The highest BCUT2D eigenvalue weighted by atomic mass is 19.1. The summed E-state index contributed by atoms with van der Waals surface area (Å²) in [4.78, 5) is 28.3. The Morgan fingerprint density at radius 2 is 2.06 bits per heavy atom. The second-order valence-electron chi connectivity index (χ2n) is 8.89. The average molecular weight is 460 g/mol. The van der Waals surface area contributed by atoms with Crippen LogP contribution >= 0.6 is 0 Å². The summed E-state index contributed by atoms with van der Waals surface area (Å²) < 4.78 is 19.9. The minimum absolute atomic E-state index is 0.0481. The molecule has 2 aliphatic carbocycles. The van der Waals surface area contributed by atoms with E-state index in [9.17, 15) is 19.1 Å². The third-order valence-corrected chi connectivity index (χ3v) is 6.81. The molecular weight excluding hydrogens is 439 g/mol. The largest absolute Gasteiger partial charge is 0.508 e. The number of phenolic OH excluding ortho intramolecular Hbond substituents is 1. The summed E-state index contributed by atoms with van der Waals surface area (Å²) in [6.07, 6.45) is 3.27. The van der Waals surface area contributed by atoms with Crippen molar-refractivity contribution in [1.82, 2.24) is 10.3 Å². The smallest absolute Gasteiger partial charge is 0.319 e. The molecule has 0 spiro atoms. The summed E-state index contributed by atoms with van der Waals surface area (Å²) in [6, 6.07) is 12.3. The van der Waals surface area contributed by atoms with Crippen LogP contribution in [0.25, 0.3) is 0 Å². The second kappa shape index (κ2) is 7.44. The summed E-state index contributed by atoms with van der Waals surface area (Å²) in [5.41, 5.74) is 1.19. The van der Waals surface area contributed by atoms with Gasteiger partial charge in [-0.05, 0) is 55.2 Å². The Morgan fingerprint density at radius 1 is 1.21 bits per heavy atom. The second-order valence-corrected chi connectivity index (χ2v) is 8.89. The molecule has 8 nitrogen and oxygen atoms in total. The van der Waals surface area contributed by atoms with Crippen LogP contribution in [0.15, 0.2) is 54.7 Å². The first-order chi connectivity index (χ1) is 16.4. The Bertz CT molecular complexity index is 1350. The fourth-order valence-electron chi connectivity index (χ4n) is 4.88. The standard InChI is InChI=1S/C25H21FN4O4/c26-17-3-1-2-4-18(17)28-24(33)30-25-12-16(25)22(25)15-11-13(5-7-19(15)31)34-20-9-10-27-23-14(20)6-8-21(32)29-23/h1-5,7,9-11,16,22,31H,6,8,12H2,(H,27,29,32)(H2,28,30,33). The van der Waals surface area contributed by atoms with Gasteiger partial charge in [-0.15, -0.1) is 0 Å². The predicted molar refractivity (Wildman–Crippen MR) is 122 cm³/mol. The van der Waals surface area contributed by atoms with Crippen molar-refractivity contribution < 1.29 is 23.8 Å². The number of nitrogens with one attached hydrogen (secondary N) is 3. The molecule has 3 aromatic rings. The molecule has 0 bridgehead atoms. The van der Waals surface area contributed by atoms with Gasteiger partial charge in [-0.3, -0.25) is 4.79 Å². The van der Waals surface area contributed by atoms with Crippen LogP contribution in [0.1, 0.15) is 29.9 Å². The van der Waals surface area contributed by atoms with Gasteiger partial charge in [0.2, 0.25) is 5.91 Å². The van der Waals surface area contributed by atoms with E-state index in [0.29, 0.717) is 35.7 Å². The number of ether oxygens (including phenoxy) is 1. The van der Waals surface area contributed by atoms with E-state index in [1.165, 1.54) is 12.1 Å². The zero-order valence-corrected chi connectivity index (χ0v) is 18.0. The number of phenols is 1. The predicted octanol–water partition coefficient (Wildman–Crippen LogP) is 4.28. The molecule has 1 aliphatic heterocycles. The number of fused-ring (bicyclic) bond motifs is 2. The van der Waals surface area contributed by atoms with Crippen molar-refractivity contribution in [3.8, 4) is 17.2 Å². The number of aromatic hydroxyl groups is 1.